The van der Waals surface area contributed by atoms with E-state index in [4.69, 9.17) is 16.3 Å². The standard InChI is InChI=1S/C23H24ClN3O3S/c1-15(21(28)26-10-9-16-5-3-4-6-17(16)14-26)31-23-25-20-13-18(24)7-8-19(20)22(29)27(23)11-12-30-2/h3-8,13,15H,9-12,14H2,1-2H3. The van der Waals surface area contributed by atoms with Crippen molar-refractivity contribution in [3.63, 3.8) is 0 Å². The zero-order chi connectivity index (χ0) is 22.0. The highest BCUT2D eigenvalue weighted by Crippen LogP contribution is 2.27. The fraction of sp³-hybridized carbons (Fsp3) is 0.348. The summed E-state index contributed by atoms with van der Waals surface area (Å²) in [6.45, 7) is 3.90. The molecule has 1 atom stereocenters. The number of aromatic nitrogens is 2. The van der Waals surface area contributed by atoms with Crippen LogP contribution >= 0.6 is 23.4 Å². The van der Waals surface area contributed by atoms with Crippen LogP contribution in [0.5, 0.6) is 0 Å². The summed E-state index contributed by atoms with van der Waals surface area (Å²) in [6, 6.07) is 13.3. The molecule has 0 radical (unpaired) electrons. The first-order valence-corrected chi connectivity index (χ1v) is 11.4. The normalized spacial score (nSPS) is 14.5. The van der Waals surface area contributed by atoms with Gasteiger partial charge >= 0.3 is 0 Å². The number of carbonyl (C=O) groups excluding carboxylic acids is 1. The van der Waals surface area contributed by atoms with Crippen molar-refractivity contribution in [2.24, 2.45) is 0 Å². The molecule has 3 aromatic rings. The summed E-state index contributed by atoms with van der Waals surface area (Å²) < 4.78 is 6.76. The summed E-state index contributed by atoms with van der Waals surface area (Å²) in [6.07, 6.45) is 0.852. The van der Waals surface area contributed by atoms with Crippen molar-refractivity contribution in [2.75, 3.05) is 20.3 Å². The Morgan fingerprint density at radius 2 is 2.03 bits per heavy atom. The monoisotopic (exact) mass is 457 g/mol. The minimum atomic E-state index is -0.386. The van der Waals surface area contributed by atoms with Gasteiger partial charge in [0, 0.05) is 25.2 Å². The van der Waals surface area contributed by atoms with E-state index in [0.717, 1.165) is 6.42 Å². The van der Waals surface area contributed by atoms with Gasteiger partial charge in [0.05, 0.1) is 29.3 Å². The minimum Gasteiger partial charge on any atom is -0.383 e. The van der Waals surface area contributed by atoms with Gasteiger partial charge in [0.15, 0.2) is 5.16 Å². The summed E-state index contributed by atoms with van der Waals surface area (Å²) >= 11 is 7.41. The van der Waals surface area contributed by atoms with E-state index >= 15 is 0 Å². The van der Waals surface area contributed by atoms with Gasteiger partial charge in [0.1, 0.15) is 0 Å². The van der Waals surface area contributed by atoms with E-state index < -0.39 is 0 Å². The summed E-state index contributed by atoms with van der Waals surface area (Å²) in [5, 5.41) is 1.12. The van der Waals surface area contributed by atoms with Crippen LogP contribution in [0.4, 0.5) is 0 Å². The molecule has 1 unspecified atom stereocenters. The number of hydrogen-bond donors (Lipinski definition) is 0. The zero-order valence-electron chi connectivity index (χ0n) is 17.5. The van der Waals surface area contributed by atoms with Gasteiger partial charge in [-0.2, -0.15) is 0 Å². The van der Waals surface area contributed by atoms with Crippen molar-refractivity contribution >= 4 is 40.2 Å². The molecule has 0 saturated carbocycles. The number of rotatable bonds is 6. The lowest BCUT2D eigenvalue weighted by atomic mass is 10.00. The number of hydrogen-bond acceptors (Lipinski definition) is 5. The van der Waals surface area contributed by atoms with Crippen molar-refractivity contribution in [3.05, 3.63) is 69.0 Å². The lowest BCUT2D eigenvalue weighted by Gasteiger charge is -2.30. The quantitative estimate of drug-likeness (QED) is 0.416. The number of carbonyl (C=O) groups is 1. The molecule has 8 heteroatoms. The summed E-state index contributed by atoms with van der Waals surface area (Å²) in [4.78, 5) is 32.8. The highest BCUT2D eigenvalue weighted by Gasteiger charge is 2.26. The highest BCUT2D eigenvalue weighted by atomic mass is 35.5. The second-order valence-electron chi connectivity index (χ2n) is 7.54. The van der Waals surface area contributed by atoms with E-state index in [1.807, 2.05) is 24.0 Å². The molecule has 0 N–H and O–H groups in total. The Kier molecular flexibility index (Phi) is 6.65. The second kappa shape index (κ2) is 9.42. The average Bonchev–Trinajstić information content (AvgIpc) is 2.77. The molecule has 1 aliphatic rings. The van der Waals surface area contributed by atoms with Gasteiger partial charge < -0.3 is 9.64 Å². The minimum absolute atomic E-state index is 0.0400. The Morgan fingerprint density at radius 1 is 1.26 bits per heavy atom. The smallest absolute Gasteiger partial charge is 0.262 e. The molecule has 2 heterocycles. The lowest BCUT2D eigenvalue weighted by molar-refractivity contribution is -0.131. The molecular weight excluding hydrogens is 434 g/mol. The second-order valence-corrected chi connectivity index (χ2v) is 9.29. The molecular formula is C23H24ClN3O3S. The predicted octanol–water partition coefficient (Wildman–Crippen LogP) is 3.76. The SMILES string of the molecule is COCCn1c(SC(C)C(=O)N2CCc3ccccc3C2)nc2cc(Cl)ccc2c1=O. The number of thioether (sulfide) groups is 1. The van der Waals surface area contributed by atoms with Crippen LogP contribution in [0.1, 0.15) is 18.1 Å². The van der Waals surface area contributed by atoms with Crippen LogP contribution in [0.3, 0.4) is 0 Å². The molecule has 0 aliphatic carbocycles. The molecule has 1 aromatic heterocycles. The third-order valence-corrected chi connectivity index (χ3v) is 6.79. The van der Waals surface area contributed by atoms with Crippen LogP contribution in [0, 0.1) is 0 Å². The number of methoxy groups -OCH3 is 1. The van der Waals surface area contributed by atoms with Gasteiger partial charge in [0.2, 0.25) is 5.91 Å². The molecule has 6 nitrogen and oxygen atoms in total. The summed E-state index contributed by atoms with van der Waals surface area (Å²) in [5.74, 6) is 0.0400. The van der Waals surface area contributed by atoms with Gasteiger partial charge in [-0.25, -0.2) is 4.98 Å². The van der Waals surface area contributed by atoms with Crippen LogP contribution in [-0.2, 0) is 29.0 Å². The van der Waals surface area contributed by atoms with Gasteiger partial charge in [-0.05, 0) is 42.7 Å². The van der Waals surface area contributed by atoms with Crippen LogP contribution < -0.4 is 5.56 Å². The third kappa shape index (κ3) is 4.63. The Labute approximate surface area is 190 Å². The Bertz CT molecular complexity index is 1180. The van der Waals surface area contributed by atoms with E-state index in [2.05, 4.69) is 17.1 Å². The fourth-order valence-corrected chi connectivity index (χ4v) is 4.98. The molecule has 162 valence electrons. The van der Waals surface area contributed by atoms with Crippen molar-refractivity contribution in [3.8, 4) is 0 Å². The van der Waals surface area contributed by atoms with Crippen molar-refractivity contribution < 1.29 is 9.53 Å². The van der Waals surface area contributed by atoms with Crippen LogP contribution in [0.15, 0.2) is 52.4 Å². The number of ether oxygens (including phenoxy) is 1. The van der Waals surface area contributed by atoms with Crippen molar-refractivity contribution in [2.45, 2.75) is 36.8 Å². The van der Waals surface area contributed by atoms with Gasteiger partial charge in [-0.1, -0.05) is 47.6 Å². The Hall–Kier alpha value is -2.35. The maximum atomic E-state index is 13.2. The number of amides is 1. The maximum absolute atomic E-state index is 13.2. The lowest BCUT2D eigenvalue weighted by Crippen LogP contribution is -2.40. The van der Waals surface area contributed by atoms with E-state index in [1.54, 1.807) is 29.9 Å². The molecule has 1 aliphatic heterocycles. The van der Waals surface area contributed by atoms with E-state index in [-0.39, 0.29) is 16.7 Å². The molecule has 0 saturated heterocycles. The number of nitrogens with zero attached hydrogens (tertiary/aromatic N) is 3. The maximum Gasteiger partial charge on any atom is 0.262 e. The third-order valence-electron chi connectivity index (χ3n) is 5.47. The number of benzene rings is 2. The van der Waals surface area contributed by atoms with Crippen molar-refractivity contribution in [1.29, 1.82) is 0 Å². The Morgan fingerprint density at radius 3 is 2.81 bits per heavy atom. The van der Waals surface area contributed by atoms with E-state index in [1.165, 1.54) is 22.9 Å². The summed E-state index contributed by atoms with van der Waals surface area (Å²) in [7, 11) is 1.59. The molecule has 0 bridgehead atoms. The summed E-state index contributed by atoms with van der Waals surface area (Å²) in [5.41, 5.74) is 2.86. The van der Waals surface area contributed by atoms with E-state index in [9.17, 15) is 9.59 Å². The van der Waals surface area contributed by atoms with Gasteiger partial charge in [0.25, 0.3) is 5.56 Å². The topological polar surface area (TPSA) is 64.4 Å². The predicted molar refractivity (Wildman–Crippen MR) is 124 cm³/mol. The average molecular weight is 458 g/mol. The number of fused-ring (bicyclic) bond motifs is 2. The first-order valence-electron chi connectivity index (χ1n) is 10.2. The first kappa shape index (κ1) is 21.9. The fourth-order valence-electron chi connectivity index (χ4n) is 3.79. The molecule has 1 amide bonds. The van der Waals surface area contributed by atoms with E-state index in [0.29, 0.717) is 47.3 Å². The highest BCUT2D eigenvalue weighted by molar-refractivity contribution is 8.00. The Balaban J connectivity index is 1.60. The molecule has 4 rings (SSSR count). The molecule has 31 heavy (non-hydrogen) atoms. The van der Waals surface area contributed by atoms with Crippen LogP contribution in [0.2, 0.25) is 5.02 Å². The molecule has 0 fully saturated rings. The van der Waals surface area contributed by atoms with Gasteiger partial charge in [-0.15, -0.1) is 0 Å². The largest absolute Gasteiger partial charge is 0.383 e. The molecule has 2 aromatic carbocycles. The van der Waals surface area contributed by atoms with Crippen molar-refractivity contribution in [1.82, 2.24) is 14.5 Å². The van der Waals surface area contributed by atoms with Gasteiger partial charge in [-0.3, -0.25) is 14.2 Å². The first-order chi connectivity index (χ1) is 15.0. The number of halogens is 1. The zero-order valence-corrected chi connectivity index (χ0v) is 19.1. The van der Waals surface area contributed by atoms with Crippen LogP contribution in [0.25, 0.3) is 10.9 Å². The van der Waals surface area contributed by atoms with Crippen LogP contribution in [-0.4, -0.2) is 45.9 Å². The molecule has 0 spiro atoms.